The number of hydrogen-bond donors (Lipinski definition) is 0. The molecular weight excluding hydrogens is 364 g/mol. The van der Waals surface area contributed by atoms with Crippen LogP contribution in [0.5, 0.6) is 5.75 Å². The number of carbonyl (C=O) groups is 2. The first-order valence-corrected chi connectivity index (χ1v) is 9.31. The zero-order valence-electron chi connectivity index (χ0n) is 15.2. The van der Waals surface area contributed by atoms with Gasteiger partial charge in [-0.2, -0.15) is 4.99 Å². The molecule has 0 spiro atoms. The number of aryl methyl sites for hydroxylation is 1. The zero-order chi connectivity index (χ0) is 19.2. The molecule has 1 amide bonds. The van der Waals surface area contributed by atoms with Crippen molar-refractivity contribution >= 4 is 33.4 Å². The Morgan fingerprint density at radius 2 is 1.89 bits per heavy atom. The van der Waals surface area contributed by atoms with Gasteiger partial charge in [-0.15, -0.1) is 0 Å². The van der Waals surface area contributed by atoms with Crippen molar-refractivity contribution in [3.05, 3.63) is 58.9 Å². The summed E-state index contributed by atoms with van der Waals surface area (Å²) < 4.78 is 13.0. The van der Waals surface area contributed by atoms with Gasteiger partial charge in [0, 0.05) is 0 Å². The summed E-state index contributed by atoms with van der Waals surface area (Å²) in [6.07, 6.45) is 0.153. The number of benzene rings is 2. The van der Waals surface area contributed by atoms with Gasteiger partial charge in [0.15, 0.2) is 4.80 Å². The molecule has 0 saturated heterocycles. The molecule has 0 bridgehead atoms. The number of hydrogen-bond acceptors (Lipinski definition) is 5. The molecule has 3 rings (SSSR count). The molecule has 1 heterocycles. The molecule has 0 aliphatic carbocycles. The topological polar surface area (TPSA) is 69.9 Å². The molecule has 0 fully saturated rings. The van der Waals surface area contributed by atoms with E-state index in [0.717, 1.165) is 15.8 Å². The van der Waals surface area contributed by atoms with E-state index in [1.807, 2.05) is 55.5 Å². The summed E-state index contributed by atoms with van der Waals surface area (Å²) in [7, 11) is 1.34. The number of carbonyl (C=O) groups excluding carboxylic acids is 2. The van der Waals surface area contributed by atoms with Crippen LogP contribution in [0.25, 0.3) is 10.2 Å². The zero-order valence-corrected chi connectivity index (χ0v) is 16.0. The number of methoxy groups -OCH3 is 1. The van der Waals surface area contributed by atoms with Crippen molar-refractivity contribution in [1.82, 2.24) is 4.57 Å². The van der Waals surface area contributed by atoms with Crippen molar-refractivity contribution in [2.75, 3.05) is 13.7 Å². The van der Waals surface area contributed by atoms with Crippen molar-refractivity contribution < 1.29 is 19.1 Å². The van der Waals surface area contributed by atoms with Gasteiger partial charge in [-0.05, 0) is 30.7 Å². The lowest BCUT2D eigenvalue weighted by Crippen LogP contribution is -2.23. The Kier molecular flexibility index (Phi) is 6.03. The van der Waals surface area contributed by atoms with Crippen LogP contribution in [-0.4, -0.2) is 30.2 Å². The van der Waals surface area contributed by atoms with E-state index in [4.69, 9.17) is 9.47 Å². The first-order valence-electron chi connectivity index (χ1n) is 8.49. The maximum Gasteiger partial charge on any atom is 0.325 e. The number of thiazole rings is 1. The number of amides is 1. The average Bonchev–Trinajstić information content (AvgIpc) is 3.00. The Morgan fingerprint density at radius 3 is 2.63 bits per heavy atom. The number of esters is 1. The van der Waals surface area contributed by atoms with E-state index in [1.165, 1.54) is 18.4 Å². The first-order chi connectivity index (χ1) is 13.1. The van der Waals surface area contributed by atoms with Crippen LogP contribution < -0.4 is 9.54 Å². The molecule has 0 radical (unpaired) electrons. The number of fused-ring (bicyclic) bond motifs is 1. The van der Waals surface area contributed by atoms with Crippen LogP contribution in [-0.2, 0) is 20.9 Å². The fraction of sp³-hybridized carbons (Fsp3) is 0.250. The number of nitrogens with zero attached hydrogens (tertiary/aromatic N) is 2. The Bertz CT molecular complexity index is 1020. The minimum atomic E-state index is -0.390. The first kappa shape index (κ1) is 18.8. The van der Waals surface area contributed by atoms with Crippen molar-refractivity contribution in [2.24, 2.45) is 4.99 Å². The molecule has 0 aliphatic heterocycles. The predicted molar refractivity (Wildman–Crippen MR) is 104 cm³/mol. The van der Waals surface area contributed by atoms with Gasteiger partial charge < -0.3 is 14.0 Å². The van der Waals surface area contributed by atoms with Crippen LogP contribution in [0.4, 0.5) is 0 Å². The third-order valence-corrected chi connectivity index (χ3v) is 5.01. The van der Waals surface area contributed by atoms with E-state index in [2.05, 4.69) is 4.99 Å². The van der Waals surface area contributed by atoms with E-state index in [-0.39, 0.29) is 31.4 Å². The van der Waals surface area contributed by atoms with Crippen molar-refractivity contribution in [3.63, 3.8) is 0 Å². The van der Waals surface area contributed by atoms with Crippen LogP contribution in [0.2, 0.25) is 0 Å². The molecular formula is C20H20N2O4S. The van der Waals surface area contributed by atoms with Crippen LogP contribution >= 0.6 is 11.3 Å². The summed E-state index contributed by atoms with van der Waals surface area (Å²) in [5, 5.41) is 0. The second-order valence-electron chi connectivity index (χ2n) is 5.89. The third-order valence-electron chi connectivity index (χ3n) is 3.97. The molecule has 0 aliphatic rings. The highest BCUT2D eigenvalue weighted by Gasteiger charge is 2.13. The molecule has 140 valence electrons. The van der Waals surface area contributed by atoms with Crippen LogP contribution in [0.1, 0.15) is 12.0 Å². The molecule has 1 aromatic heterocycles. The van der Waals surface area contributed by atoms with Crippen molar-refractivity contribution in [2.45, 2.75) is 19.9 Å². The summed E-state index contributed by atoms with van der Waals surface area (Å²) in [6, 6.07) is 15.2. The standard InChI is InChI=1S/C20H20N2O4S/c1-14-7-6-10-16-19(14)22(13-18(24)25-2)20(27-16)21-17(23)11-12-26-15-8-4-3-5-9-15/h3-10H,11-13H2,1-2H3. The van der Waals surface area contributed by atoms with Gasteiger partial charge in [-0.1, -0.05) is 41.7 Å². The normalized spacial score (nSPS) is 11.6. The van der Waals surface area contributed by atoms with Gasteiger partial charge in [0.25, 0.3) is 5.91 Å². The summed E-state index contributed by atoms with van der Waals surface area (Å²) in [5.41, 5.74) is 1.90. The van der Waals surface area contributed by atoms with Crippen LogP contribution in [0, 0.1) is 6.92 Å². The van der Waals surface area contributed by atoms with Crippen molar-refractivity contribution in [1.29, 1.82) is 0 Å². The van der Waals surface area contributed by atoms with Gasteiger partial charge in [0.2, 0.25) is 0 Å². The Balaban J connectivity index is 1.83. The molecule has 0 saturated carbocycles. The van der Waals surface area contributed by atoms with Gasteiger partial charge in [0.1, 0.15) is 12.3 Å². The molecule has 0 atom stereocenters. The Hall–Kier alpha value is -2.93. The quantitative estimate of drug-likeness (QED) is 0.613. The van der Waals surface area contributed by atoms with E-state index in [1.54, 1.807) is 4.57 Å². The smallest absolute Gasteiger partial charge is 0.325 e. The minimum Gasteiger partial charge on any atom is -0.493 e. The van der Waals surface area contributed by atoms with E-state index in [0.29, 0.717) is 10.6 Å². The highest BCUT2D eigenvalue weighted by Crippen LogP contribution is 2.21. The largest absolute Gasteiger partial charge is 0.493 e. The molecule has 3 aromatic rings. The molecule has 2 aromatic carbocycles. The van der Waals surface area contributed by atoms with Gasteiger partial charge in [0.05, 0.1) is 30.4 Å². The lowest BCUT2D eigenvalue weighted by Gasteiger charge is -2.06. The summed E-state index contributed by atoms with van der Waals surface area (Å²) >= 11 is 1.38. The SMILES string of the molecule is COC(=O)Cn1c(=NC(=O)CCOc2ccccc2)sc2cccc(C)c21. The maximum absolute atomic E-state index is 12.3. The predicted octanol–water partition coefficient (Wildman–Crippen LogP) is 3.08. The molecule has 0 N–H and O–H groups in total. The second kappa shape index (κ2) is 8.64. The van der Waals surface area contributed by atoms with Crippen molar-refractivity contribution in [3.8, 4) is 5.75 Å². The lowest BCUT2D eigenvalue weighted by atomic mass is 10.2. The lowest BCUT2D eigenvalue weighted by molar-refractivity contribution is -0.141. The van der Waals surface area contributed by atoms with E-state index >= 15 is 0 Å². The summed E-state index contributed by atoms with van der Waals surface area (Å²) in [6.45, 7) is 2.21. The minimum absolute atomic E-state index is 0.00792. The maximum atomic E-state index is 12.3. The third kappa shape index (κ3) is 4.62. The van der Waals surface area contributed by atoms with Gasteiger partial charge >= 0.3 is 5.97 Å². The molecule has 27 heavy (non-hydrogen) atoms. The van der Waals surface area contributed by atoms with Crippen LogP contribution in [0.3, 0.4) is 0 Å². The fourth-order valence-electron chi connectivity index (χ4n) is 2.67. The number of rotatable bonds is 6. The van der Waals surface area contributed by atoms with Gasteiger partial charge in [-0.3, -0.25) is 9.59 Å². The number of aromatic nitrogens is 1. The highest BCUT2D eigenvalue weighted by molar-refractivity contribution is 7.16. The number of para-hydroxylation sites is 2. The van der Waals surface area contributed by atoms with Gasteiger partial charge in [-0.25, -0.2) is 0 Å². The highest BCUT2D eigenvalue weighted by atomic mass is 32.1. The van der Waals surface area contributed by atoms with Crippen LogP contribution in [0.15, 0.2) is 53.5 Å². The molecule has 0 unspecified atom stereocenters. The summed E-state index contributed by atoms with van der Waals surface area (Å²) in [5.74, 6) is 0.0246. The molecule has 6 nitrogen and oxygen atoms in total. The van der Waals surface area contributed by atoms with E-state index in [9.17, 15) is 9.59 Å². The number of ether oxygens (including phenoxy) is 2. The average molecular weight is 384 g/mol. The Labute approximate surface area is 160 Å². The fourth-order valence-corrected chi connectivity index (χ4v) is 3.79. The Morgan fingerprint density at radius 1 is 1.11 bits per heavy atom. The monoisotopic (exact) mass is 384 g/mol. The van der Waals surface area contributed by atoms with E-state index < -0.39 is 0 Å². The molecule has 7 heteroatoms. The second-order valence-corrected chi connectivity index (χ2v) is 6.89. The summed E-state index contributed by atoms with van der Waals surface area (Å²) in [4.78, 5) is 28.8.